The van der Waals surface area contributed by atoms with Crippen LogP contribution < -0.4 is 0 Å². The van der Waals surface area contributed by atoms with Gasteiger partial charge in [0.25, 0.3) is 0 Å². The number of hydrogen-bond donors (Lipinski definition) is 1. The Labute approximate surface area is 145 Å². The number of pyridine rings is 1. The fraction of sp³-hybridized carbons (Fsp3) is 0.188. The summed E-state index contributed by atoms with van der Waals surface area (Å²) < 4.78 is 2.87. The Morgan fingerprint density at radius 2 is 2.17 bits per heavy atom. The number of hydrogen-bond acceptors (Lipinski definition) is 4. The quantitative estimate of drug-likeness (QED) is 0.707. The average Bonchev–Trinajstić information content (AvgIpc) is 2.85. The molecule has 3 rings (SSSR count). The summed E-state index contributed by atoms with van der Waals surface area (Å²) in [5.41, 5.74) is 2.84. The van der Waals surface area contributed by atoms with Crippen molar-refractivity contribution in [2.75, 3.05) is 0 Å². The van der Waals surface area contributed by atoms with Gasteiger partial charge in [0.2, 0.25) is 0 Å². The summed E-state index contributed by atoms with van der Waals surface area (Å²) in [7, 11) is 0. The van der Waals surface area contributed by atoms with E-state index in [2.05, 4.69) is 25.9 Å². The van der Waals surface area contributed by atoms with E-state index >= 15 is 0 Å². The molecule has 0 radical (unpaired) electrons. The van der Waals surface area contributed by atoms with Crippen LogP contribution in [0.1, 0.15) is 12.0 Å². The van der Waals surface area contributed by atoms with Crippen molar-refractivity contribution in [1.29, 1.82) is 0 Å². The molecular weight excluding hydrogens is 378 g/mol. The van der Waals surface area contributed by atoms with E-state index in [9.17, 15) is 4.79 Å². The molecule has 1 N–H and O–H groups in total. The molecule has 0 amide bonds. The third-order valence-corrected chi connectivity index (χ3v) is 4.90. The van der Waals surface area contributed by atoms with Crippen LogP contribution in [0.3, 0.4) is 0 Å². The molecule has 23 heavy (non-hydrogen) atoms. The van der Waals surface area contributed by atoms with Crippen molar-refractivity contribution in [3.8, 4) is 0 Å². The number of aliphatic carboxylic acids is 1. The van der Waals surface area contributed by atoms with E-state index in [1.807, 2.05) is 41.8 Å². The number of para-hydroxylation sites is 2. The third kappa shape index (κ3) is 3.56. The Morgan fingerprint density at radius 3 is 2.91 bits per heavy atom. The van der Waals surface area contributed by atoms with Crippen molar-refractivity contribution in [2.45, 2.75) is 30.1 Å². The summed E-state index contributed by atoms with van der Waals surface area (Å²) in [4.78, 5) is 20.0. The summed E-state index contributed by atoms with van der Waals surface area (Å²) in [6, 6.07) is 9.74. The second-order valence-electron chi connectivity index (χ2n) is 5.06. The van der Waals surface area contributed by atoms with Crippen LogP contribution in [0, 0.1) is 6.92 Å². The molecular formula is C16H14BrN3O2S. The fourth-order valence-electron chi connectivity index (χ4n) is 2.28. The molecule has 3 aromatic rings. The first-order valence-electron chi connectivity index (χ1n) is 7.01. The van der Waals surface area contributed by atoms with E-state index in [1.54, 1.807) is 6.20 Å². The number of carboxylic acid groups (broad SMARTS) is 1. The summed E-state index contributed by atoms with van der Waals surface area (Å²) in [6.45, 7) is 2.37. The Bertz CT molecular complexity index is 879. The molecule has 118 valence electrons. The zero-order chi connectivity index (χ0) is 16.4. The van der Waals surface area contributed by atoms with Crippen molar-refractivity contribution in [3.05, 3.63) is 46.6 Å². The fourth-order valence-corrected chi connectivity index (χ4v) is 3.66. The highest BCUT2D eigenvalue weighted by molar-refractivity contribution is 9.10. The minimum absolute atomic E-state index is 0.0562. The lowest BCUT2D eigenvalue weighted by Gasteiger charge is -2.08. The zero-order valence-corrected chi connectivity index (χ0v) is 14.8. The topological polar surface area (TPSA) is 68.0 Å². The van der Waals surface area contributed by atoms with Gasteiger partial charge < -0.3 is 9.67 Å². The molecule has 0 spiro atoms. The number of carbonyl (C=O) groups is 1. The van der Waals surface area contributed by atoms with Gasteiger partial charge in [0.1, 0.15) is 5.03 Å². The second-order valence-corrected chi connectivity index (χ2v) is 6.93. The summed E-state index contributed by atoms with van der Waals surface area (Å²) in [5.74, 6) is -0.823. The molecule has 0 saturated heterocycles. The predicted octanol–water partition coefficient (Wildman–Crippen LogP) is 4.13. The lowest BCUT2D eigenvalue weighted by atomic mass is 10.3. The van der Waals surface area contributed by atoms with E-state index in [0.717, 1.165) is 31.3 Å². The SMILES string of the molecule is Cc1cc(Br)cnc1Sc1nc2ccccc2n1CCC(=O)O. The Kier molecular flexibility index (Phi) is 4.68. The van der Waals surface area contributed by atoms with Gasteiger partial charge in [0.05, 0.1) is 17.5 Å². The average molecular weight is 392 g/mol. The second kappa shape index (κ2) is 6.72. The molecule has 0 unspecified atom stereocenters. The maximum Gasteiger partial charge on any atom is 0.305 e. The van der Waals surface area contributed by atoms with Gasteiger partial charge in [-0.2, -0.15) is 0 Å². The Balaban J connectivity index is 2.01. The van der Waals surface area contributed by atoms with Crippen molar-refractivity contribution in [2.24, 2.45) is 0 Å². The number of aromatic nitrogens is 3. The van der Waals surface area contributed by atoms with Gasteiger partial charge in [-0.1, -0.05) is 12.1 Å². The first kappa shape index (κ1) is 16.0. The maximum absolute atomic E-state index is 10.9. The summed E-state index contributed by atoms with van der Waals surface area (Å²) >= 11 is 4.86. The van der Waals surface area contributed by atoms with Crippen molar-refractivity contribution < 1.29 is 9.90 Å². The first-order valence-corrected chi connectivity index (χ1v) is 8.62. The number of rotatable bonds is 5. The highest BCUT2D eigenvalue weighted by Crippen LogP contribution is 2.31. The zero-order valence-electron chi connectivity index (χ0n) is 12.4. The Morgan fingerprint density at radius 1 is 1.39 bits per heavy atom. The first-order chi connectivity index (χ1) is 11.0. The van der Waals surface area contributed by atoms with Crippen molar-refractivity contribution >= 4 is 44.7 Å². The van der Waals surface area contributed by atoms with Gasteiger partial charge in [-0.25, -0.2) is 9.97 Å². The standard InChI is InChI=1S/C16H14BrN3O2S/c1-10-8-11(17)9-18-15(10)23-16-19-12-4-2-3-5-13(12)20(16)7-6-14(21)22/h2-5,8-9H,6-7H2,1H3,(H,21,22). The molecule has 5 nitrogen and oxygen atoms in total. The van der Waals surface area contributed by atoms with Crippen LogP contribution >= 0.6 is 27.7 Å². The lowest BCUT2D eigenvalue weighted by molar-refractivity contribution is -0.137. The van der Waals surface area contributed by atoms with Crippen molar-refractivity contribution in [3.63, 3.8) is 0 Å². The van der Waals surface area contributed by atoms with E-state index in [1.165, 1.54) is 11.8 Å². The molecule has 0 saturated carbocycles. The number of aryl methyl sites for hydroxylation is 2. The van der Waals surface area contributed by atoms with Crippen molar-refractivity contribution in [1.82, 2.24) is 14.5 Å². The molecule has 0 aliphatic rings. The van der Waals surface area contributed by atoms with Crippen LogP contribution in [0.25, 0.3) is 11.0 Å². The summed E-state index contributed by atoms with van der Waals surface area (Å²) in [5, 5.41) is 10.6. The number of halogens is 1. The van der Waals surface area contributed by atoms with Crippen LogP contribution in [0.4, 0.5) is 0 Å². The van der Waals surface area contributed by atoms with Crippen LogP contribution in [0.2, 0.25) is 0 Å². The monoisotopic (exact) mass is 391 g/mol. The molecule has 7 heteroatoms. The van der Waals surface area contributed by atoms with Gasteiger partial charge in [-0.3, -0.25) is 4.79 Å². The minimum atomic E-state index is -0.823. The molecule has 2 aromatic heterocycles. The summed E-state index contributed by atoms with van der Waals surface area (Å²) in [6.07, 6.45) is 1.81. The van der Waals surface area contributed by atoms with Crippen LogP contribution in [-0.2, 0) is 11.3 Å². The molecule has 0 bridgehead atoms. The third-order valence-electron chi connectivity index (χ3n) is 3.35. The number of nitrogens with zero attached hydrogens (tertiary/aromatic N) is 3. The highest BCUT2D eigenvalue weighted by Gasteiger charge is 2.14. The van der Waals surface area contributed by atoms with E-state index in [-0.39, 0.29) is 6.42 Å². The van der Waals surface area contributed by atoms with Gasteiger partial charge in [0, 0.05) is 17.2 Å². The lowest BCUT2D eigenvalue weighted by Crippen LogP contribution is -2.05. The maximum atomic E-state index is 10.9. The van der Waals surface area contributed by atoms with Crippen LogP contribution in [0.15, 0.2) is 51.2 Å². The normalized spacial score (nSPS) is 11.0. The van der Waals surface area contributed by atoms with Gasteiger partial charge in [-0.05, 0) is 58.4 Å². The molecule has 1 aromatic carbocycles. The minimum Gasteiger partial charge on any atom is -0.481 e. The number of carboxylic acids is 1. The molecule has 2 heterocycles. The molecule has 0 fully saturated rings. The van der Waals surface area contributed by atoms with Gasteiger partial charge >= 0.3 is 5.97 Å². The van der Waals surface area contributed by atoms with E-state index < -0.39 is 5.97 Å². The predicted molar refractivity (Wildman–Crippen MR) is 92.8 cm³/mol. The number of benzene rings is 1. The smallest absolute Gasteiger partial charge is 0.305 e. The molecule has 0 aliphatic heterocycles. The van der Waals surface area contributed by atoms with Crippen LogP contribution in [-0.4, -0.2) is 25.6 Å². The largest absolute Gasteiger partial charge is 0.481 e. The van der Waals surface area contributed by atoms with E-state index in [0.29, 0.717) is 6.54 Å². The van der Waals surface area contributed by atoms with Gasteiger partial charge in [-0.15, -0.1) is 0 Å². The number of fused-ring (bicyclic) bond motifs is 1. The molecule has 0 aliphatic carbocycles. The Hall–Kier alpha value is -1.86. The van der Waals surface area contributed by atoms with Crippen LogP contribution in [0.5, 0.6) is 0 Å². The molecule has 0 atom stereocenters. The van der Waals surface area contributed by atoms with Gasteiger partial charge in [0.15, 0.2) is 5.16 Å². The van der Waals surface area contributed by atoms with E-state index in [4.69, 9.17) is 5.11 Å². The highest BCUT2D eigenvalue weighted by atomic mass is 79.9. The number of imidazole rings is 1.